The lowest BCUT2D eigenvalue weighted by Crippen LogP contribution is -2.04. The van der Waals surface area contributed by atoms with Crippen molar-refractivity contribution in [2.24, 2.45) is 0 Å². The maximum Gasteiger partial charge on any atom is 0.224 e. The Morgan fingerprint density at radius 2 is 2.12 bits per heavy atom. The predicted molar refractivity (Wildman–Crippen MR) is 73.2 cm³/mol. The molecule has 0 amide bonds. The molecule has 0 aliphatic carbocycles. The Balaban J connectivity index is 2.12. The number of anilines is 1. The monoisotopic (exact) mass is 311 g/mol. The largest absolute Gasteiger partial charge is 0.365 e. The van der Waals surface area contributed by atoms with E-state index in [4.69, 9.17) is 11.6 Å². The molecule has 5 heteroatoms. The van der Waals surface area contributed by atoms with E-state index in [2.05, 4.69) is 50.3 Å². The van der Waals surface area contributed by atoms with Gasteiger partial charge in [-0.2, -0.15) is 4.98 Å². The van der Waals surface area contributed by atoms with E-state index in [0.717, 1.165) is 4.47 Å². The fourth-order valence-electron chi connectivity index (χ4n) is 1.46. The lowest BCUT2D eigenvalue weighted by Gasteiger charge is -2.09. The number of rotatable bonds is 3. The summed E-state index contributed by atoms with van der Waals surface area (Å²) in [5.41, 5.74) is 2.48. The Morgan fingerprint density at radius 1 is 1.35 bits per heavy atom. The van der Waals surface area contributed by atoms with E-state index in [0.29, 0.717) is 12.4 Å². The van der Waals surface area contributed by atoms with E-state index >= 15 is 0 Å². The first kappa shape index (κ1) is 12.3. The molecule has 88 valence electrons. The summed E-state index contributed by atoms with van der Waals surface area (Å²) in [6, 6.07) is 8.21. The molecular formula is C12H11BrClN3. The molecule has 1 aromatic heterocycles. The lowest BCUT2D eigenvalue weighted by atomic mass is 10.1. The van der Waals surface area contributed by atoms with Crippen molar-refractivity contribution in [3.8, 4) is 0 Å². The molecule has 0 atom stereocenters. The van der Waals surface area contributed by atoms with Crippen LogP contribution in [0.1, 0.15) is 11.1 Å². The Morgan fingerprint density at radius 3 is 2.88 bits per heavy atom. The van der Waals surface area contributed by atoms with Crippen LogP contribution < -0.4 is 5.32 Å². The van der Waals surface area contributed by atoms with Crippen LogP contribution in [-0.4, -0.2) is 9.97 Å². The molecule has 0 saturated heterocycles. The van der Waals surface area contributed by atoms with Gasteiger partial charge in [-0.25, -0.2) is 4.98 Å². The van der Waals surface area contributed by atoms with E-state index in [9.17, 15) is 0 Å². The van der Waals surface area contributed by atoms with E-state index in [1.807, 2.05) is 12.1 Å². The molecular weight excluding hydrogens is 302 g/mol. The average Bonchev–Trinajstić information content (AvgIpc) is 2.32. The van der Waals surface area contributed by atoms with Crippen LogP contribution in [0.25, 0.3) is 0 Å². The zero-order chi connectivity index (χ0) is 12.3. The number of hydrogen-bond donors (Lipinski definition) is 1. The van der Waals surface area contributed by atoms with Crippen LogP contribution in [0.5, 0.6) is 0 Å². The summed E-state index contributed by atoms with van der Waals surface area (Å²) in [5, 5.41) is 3.47. The molecule has 17 heavy (non-hydrogen) atoms. The van der Waals surface area contributed by atoms with Crippen LogP contribution in [-0.2, 0) is 6.54 Å². The van der Waals surface area contributed by atoms with Crippen LogP contribution in [0, 0.1) is 6.92 Å². The summed E-state index contributed by atoms with van der Waals surface area (Å²) in [6.07, 6.45) is 1.63. The lowest BCUT2D eigenvalue weighted by molar-refractivity contribution is 1.06. The number of nitrogens with zero attached hydrogens (tertiary/aromatic N) is 2. The normalized spacial score (nSPS) is 10.3. The van der Waals surface area contributed by atoms with Crippen molar-refractivity contribution in [3.05, 3.63) is 51.3 Å². The van der Waals surface area contributed by atoms with Gasteiger partial charge in [-0.15, -0.1) is 0 Å². The first-order chi connectivity index (χ1) is 8.16. The summed E-state index contributed by atoms with van der Waals surface area (Å²) >= 11 is 9.12. The molecule has 1 N–H and O–H groups in total. The average molecular weight is 313 g/mol. The maximum atomic E-state index is 5.75. The first-order valence-corrected chi connectivity index (χ1v) is 6.30. The molecule has 0 bridgehead atoms. The Kier molecular flexibility index (Phi) is 3.97. The Hall–Kier alpha value is -1.13. The topological polar surface area (TPSA) is 37.8 Å². The third kappa shape index (κ3) is 3.17. The van der Waals surface area contributed by atoms with E-state index < -0.39 is 0 Å². The third-order valence-electron chi connectivity index (χ3n) is 2.42. The van der Waals surface area contributed by atoms with Gasteiger partial charge >= 0.3 is 0 Å². The van der Waals surface area contributed by atoms with Crippen molar-refractivity contribution in [3.63, 3.8) is 0 Å². The zero-order valence-electron chi connectivity index (χ0n) is 9.24. The molecule has 0 fully saturated rings. The molecule has 1 aromatic carbocycles. The molecule has 0 radical (unpaired) electrons. The van der Waals surface area contributed by atoms with Crippen LogP contribution >= 0.6 is 27.5 Å². The first-order valence-electron chi connectivity index (χ1n) is 5.13. The molecule has 2 rings (SSSR count). The van der Waals surface area contributed by atoms with Crippen molar-refractivity contribution >= 4 is 33.3 Å². The summed E-state index contributed by atoms with van der Waals surface area (Å²) in [4.78, 5) is 7.99. The highest BCUT2D eigenvalue weighted by Crippen LogP contribution is 2.21. The van der Waals surface area contributed by atoms with Gasteiger partial charge in [0.1, 0.15) is 5.82 Å². The molecule has 0 aliphatic rings. The number of hydrogen-bond acceptors (Lipinski definition) is 3. The molecule has 3 nitrogen and oxygen atoms in total. The van der Waals surface area contributed by atoms with Crippen molar-refractivity contribution < 1.29 is 0 Å². The van der Waals surface area contributed by atoms with E-state index in [1.165, 1.54) is 11.1 Å². The minimum absolute atomic E-state index is 0.237. The quantitative estimate of drug-likeness (QED) is 0.876. The van der Waals surface area contributed by atoms with E-state index in [1.54, 1.807) is 6.20 Å². The van der Waals surface area contributed by atoms with Gasteiger partial charge in [-0.3, -0.25) is 0 Å². The number of aromatic nitrogens is 2. The molecule has 2 aromatic rings. The third-order valence-corrected chi connectivity index (χ3v) is 3.18. The second kappa shape index (κ2) is 5.47. The van der Waals surface area contributed by atoms with Crippen LogP contribution in [0.4, 0.5) is 5.82 Å². The highest BCUT2D eigenvalue weighted by molar-refractivity contribution is 9.10. The number of nitrogens with one attached hydrogen (secondary N) is 1. The van der Waals surface area contributed by atoms with Gasteiger partial charge in [-0.05, 0) is 45.6 Å². The summed E-state index contributed by atoms with van der Waals surface area (Å²) in [5.74, 6) is 0.702. The minimum Gasteiger partial charge on any atom is -0.365 e. The fraction of sp³-hybridized carbons (Fsp3) is 0.167. The van der Waals surface area contributed by atoms with Crippen LogP contribution in [0.3, 0.4) is 0 Å². The van der Waals surface area contributed by atoms with Crippen LogP contribution in [0.15, 0.2) is 34.9 Å². The van der Waals surface area contributed by atoms with Crippen LogP contribution in [0.2, 0.25) is 5.28 Å². The molecule has 0 unspecified atom stereocenters. The van der Waals surface area contributed by atoms with Gasteiger partial charge in [0.15, 0.2) is 0 Å². The minimum atomic E-state index is 0.237. The molecule has 1 heterocycles. The van der Waals surface area contributed by atoms with Gasteiger partial charge in [0.2, 0.25) is 5.28 Å². The maximum absolute atomic E-state index is 5.75. The van der Waals surface area contributed by atoms with Gasteiger partial charge in [-0.1, -0.05) is 24.3 Å². The highest BCUT2D eigenvalue weighted by Gasteiger charge is 2.04. The van der Waals surface area contributed by atoms with Crippen molar-refractivity contribution in [1.29, 1.82) is 0 Å². The SMILES string of the molecule is Cc1ccccc1CNc1nc(Cl)ncc1Br. The van der Waals surface area contributed by atoms with Crippen molar-refractivity contribution in [1.82, 2.24) is 9.97 Å². The Labute approximate surface area is 113 Å². The van der Waals surface area contributed by atoms with Gasteiger partial charge in [0.25, 0.3) is 0 Å². The predicted octanol–water partition coefficient (Wildman–Crippen LogP) is 3.81. The highest BCUT2D eigenvalue weighted by atomic mass is 79.9. The standard InChI is InChI=1S/C12H11BrClN3/c1-8-4-2-3-5-9(8)6-15-11-10(13)7-16-12(14)17-11/h2-5,7H,6H2,1H3,(H,15,16,17). The zero-order valence-corrected chi connectivity index (χ0v) is 11.6. The van der Waals surface area contributed by atoms with Crippen molar-refractivity contribution in [2.75, 3.05) is 5.32 Å². The molecule has 0 saturated carbocycles. The number of aryl methyl sites for hydroxylation is 1. The fourth-order valence-corrected chi connectivity index (χ4v) is 1.92. The second-order valence-corrected chi connectivity index (χ2v) is 4.81. The summed E-state index contributed by atoms with van der Waals surface area (Å²) in [6.45, 7) is 2.79. The second-order valence-electron chi connectivity index (χ2n) is 3.62. The summed E-state index contributed by atoms with van der Waals surface area (Å²) < 4.78 is 0.801. The smallest absolute Gasteiger partial charge is 0.224 e. The molecule has 0 aliphatic heterocycles. The molecule has 0 spiro atoms. The van der Waals surface area contributed by atoms with Gasteiger partial charge < -0.3 is 5.32 Å². The number of benzene rings is 1. The van der Waals surface area contributed by atoms with Gasteiger partial charge in [0.05, 0.1) is 4.47 Å². The Bertz CT molecular complexity index is 531. The summed E-state index contributed by atoms with van der Waals surface area (Å²) in [7, 11) is 0. The number of halogens is 2. The van der Waals surface area contributed by atoms with Crippen molar-refractivity contribution in [2.45, 2.75) is 13.5 Å². The van der Waals surface area contributed by atoms with Gasteiger partial charge in [0, 0.05) is 12.7 Å². The van der Waals surface area contributed by atoms with E-state index in [-0.39, 0.29) is 5.28 Å².